The number of pyridine rings is 1. The molecule has 2 rings (SSSR count). The van der Waals surface area contributed by atoms with Crippen LogP contribution in [-0.4, -0.2) is 39.9 Å². The first-order chi connectivity index (χ1) is 12.1. The van der Waals surface area contributed by atoms with Gasteiger partial charge in [0.25, 0.3) is 5.91 Å². The molecule has 0 saturated carbocycles. The fourth-order valence-electron chi connectivity index (χ4n) is 3.23. The van der Waals surface area contributed by atoms with Crippen molar-refractivity contribution in [2.24, 2.45) is 0 Å². The van der Waals surface area contributed by atoms with Gasteiger partial charge in [0, 0.05) is 23.2 Å². The van der Waals surface area contributed by atoms with E-state index in [1.807, 2.05) is 59.7 Å². The third kappa shape index (κ3) is 4.21. The Morgan fingerprint density at radius 3 is 2.19 bits per heavy atom. The lowest BCUT2D eigenvalue weighted by atomic mass is 10.1. The van der Waals surface area contributed by atoms with E-state index in [2.05, 4.69) is 4.98 Å². The molecule has 0 radical (unpaired) electrons. The summed E-state index contributed by atoms with van der Waals surface area (Å²) < 4.78 is 5.52. The quantitative estimate of drug-likeness (QED) is 0.759. The maximum atomic E-state index is 12.8. The van der Waals surface area contributed by atoms with E-state index in [9.17, 15) is 9.59 Å². The van der Waals surface area contributed by atoms with E-state index >= 15 is 0 Å². The summed E-state index contributed by atoms with van der Waals surface area (Å²) >= 11 is 0. The van der Waals surface area contributed by atoms with Crippen LogP contribution in [0.5, 0.6) is 0 Å². The lowest BCUT2D eigenvalue weighted by molar-refractivity contribution is -0.143. The molecule has 5 nitrogen and oxygen atoms in total. The minimum Gasteiger partial charge on any atom is -0.449 e. The Balaban J connectivity index is 2.31. The van der Waals surface area contributed by atoms with Crippen LogP contribution in [0.1, 0.15) is 56.2 Å². The molecule has 0 aliphatic rings. The van der Waals surface area contributed by atoms with Gasteiger partial charge >= 0.3 is 5.97 Å². The van der Waals surface area contributed by atoms with Crippen LogP contribution < -0.4 is 0 Å². The maximum Gasteiger partial charge on any atom is 0.339 e. The molecular formula is C21H28N2O3. The fraction of sp³-hybridized carbons (Fsp3) is 0.476. The third-order valence-electron chi connectivity index (χ3n) is 4.31. The van der Waals surface area contributed by atoms with Crippen LogP contribution >= 0.6 is 0 Å². The Kier molecular flexibility index (Phi) is 6.01. The summed E-state index contributed by atoms with van der Waals surface area (Å²) in [5.41, 5.74) is 2.95. The number of amides is 1. The standard InChI is InChI=1S/C21H28N2O3/c1-12(2)23(13(3)4)20(24)16(7)26-21(25)18-11-15(6)22-19-9-8-14(5)10-17(18)19/h8-13,16H,1-7H3. The number of aromatic nitrogens is 1. The molecule has 0 saturated heterocycles. The zero-order chi connectivity index (χ0) is 19.6. The Morgan fingerprint density at radius 2 is 1.62 bits per heavy atom. The van der Waals surface area contributed by atoms with Crippen LogP contribution in [0.2, 0.25) is 0 Å². The van der Waals surface area contributed by atoms with Crippen molar-refractivity contribution in [1.29, 1.82) is 0 Å². The molecule has 5 heteroatoms. The summed E-state index contributed by atoms with van der Waals surface area (Å²) in [6.07, 6.45) is -0.847. The predicted octanol–water partition coefficient (Wildman–Crippen LogP) is 4.04. The van der Waals surface area contributed by atoms with E-state index < -0.39 is 12.1 Å². The normalized spacial score (nSPS) is 12.5. The number of nitrogens with zero attached hydrogens (tertiary/aromatic N) is 2. The number of hydrogen-bond donors (Lipinski definition) is 0. The molecule has 1 heterocycles. The smallest absolute Gasteiger partial charge is 0.339 e. The first-order valence-electron chi connectivity index (χ1n) is 9.03. The number of benzene rings is 1. The molecule has 1 unspecified atom stereocenters. The highest BCUT2D eigenvalue weighted by Crippen LogP contribution is 2.22. The van der Waals surface area contributed by atoms with Gasteiger partial charge in [-0.2, -0.15) is 0 Å². The van der Waals surface area contributed by atoms with Crippen molar-refractivity contribution < 1.29 is 14.3 Å². The van der Waals surface area contributed by atoms with E-state index in [0.29, 0.717) is 5.56 Å². The van der Waals surface area contributed by atoms with E-state index in [0.717, 1.165) is 22.2 Å². The average Bonchev–Trinajstić information content (AvgIpc) is 2.53. The SMILES string of the molecule is Cc1ccc2nc(C)cc(C(=O)OC(C)C(=O)N(C(C)C)C(C)C)c2c1. The van der Waals surface area contributed by atoms with Crippen LogP contribution in [-0.2, 0) is 9.53 Å². The topological polar surface area (TPSA) is 59.5 Å². The zero-order valence-electron chi connectivity index (χ0n) is 16.7. The second-order valence-electron chi connectivity index (χ2n) is 7.31. The largest absolute Gasteiger partial charge is 0.449 e. The minimum atomic E-state index is -0.847. The number of hydrogen-bond acceptors (Lipinski definition) is 4. The molecule has 26 heavy (non-hydrogen) atoms. The number of carbonyl (C=O) groups excluding carboxylic acids is 2. The summed E-state index contributed by atoms with van der Waals surface area (Å²) in [6.45, 7) is 13.2. The van der Waals surface area contributed by atoms with Gasteiger partial charge in [-0.15, -0.1) is 0 Å². The van der Waals surface area contributed by atoms with Gasteiger partial charge in [0.2, 0.25) is 0 Å². The zero-order valence-corrected chi connectivity index (χ0v) is 16.7. The van der Waals surface area contributed by atoms with Gasteiger partial charge in [-0.1, -0.05) is 11.6 Å². The molecule has 0 bridgehead atoms. The Labute approximate surface area is 155 Å². The van der Waals surface area contributed by atoms with E-state index in [4.69, 9.17) is 4.74 Å². The molecule has 1 aromatic carbocycles. The van der Waals surface area contributed by atoms with Crippen LogP contribution in [0.4, 0.5) is 0 Å². The second kappa shape index (κ2) is 7.85. The average molecular weight is 356 g/mol. The van der Waals surface area contributed by atoms with Crippen molar-refractivity contribution in [3.63, 3.8) is 0 Å². The molecule has 0 N–H and O–H groups in total. The monoisotopic (exact) mass is 356 g/mol. The van der Waals surface area contributed by atoms with E-state index in [1.54, 1.807) is 17.9 Å². The molecule has 1 aromatic heterocycles. The van der Waals surface area contributed by atoms with Crippen LogP contribution in [0.15, 0.2) is 24.3 Å². The second-order valence-corrected chi connectivity index (χ2v) is 7.31. The Hall–Kier alpha value is -2.43. The van der Waals surface area contributed by atoms with Gasteiger partial charge in [0.15, 0.2) is 6.10 Å². The summed E-state index contributed by atoms with van der Waals surface area (Å²) in [5, 5.41) is 0.741. The summed E-state index contributed by atoms with van der Waals surface area (Å²) in [6, 6.07) is 7.55. The van der Waals surface area contributed by atoms with Gasteiger partial charge < -0.3 is 9.64 Å². The number of fused-ring (bicyclic) bond motifs is 1. The highest BCUT2D eigenvalue weighted by Gasteiger charge is 2.28. The summed E-state index contributed by atoms with van der Waals surface area (Å²) in [4.78, 5) is 31.7. The van der Waals surface area contributed by atoms with Crippen molar-refractivity contribution >= 4 is 22.8 Å². The Morgan fingerprint density at radius 1 is 1.00 bits per heavy atom. The van der Waals surface area contributed by atoms with Crippen molar-refractivity contribution in [2.45, 2.75) is 66.7 Å². The van der Waals surface area contributed by atoms with Crippen molar-refractivity contribution in [1.82, 2.24) is 9.88 Å². The maximum absolute atomic E-state index is 12.8. The number of rotatable bonds is 5. The van der Waals surface area contributed by atoms with E-state index in [1.165, 1.54) is 0 Å². The first-order valence-corrected chi connectivity index (χ1v) is 9.03. The van der Waals surface area contributed by atoms with Crippen molar-refractivity contribution in [3.8, 4) is 0 Å². The van der Waals surface area contributed by atoms with Crippen LogP contribution in [0, 0.1) is 13.8 Å². The van der Waals surface area contributed by atoms with Crippen molar-refractivity contribution in [3.05, 3.63) is 41.1 Å². The molecule has 0 aliphatic heterocycles. The highest BCUT2D eigenvalue weighted by atomic mass is 16.5. The molecule has 2 aromatic rings. The lowest BCUT2D eigenvalue weighted by Gasteiger charge is -2.32. The molecule has 1 atom stereocenters. The fourth-order valence-corrected chi connectivity index (χ4v) is 3.23. The number of aryl methyl sites for hydroxylation is 2. The third-order valence-corrected chi connectivity index (χ3v) is 4.31. The Bertz CT molecular complexity index is 819. The number of carbonyl (C=O) groups is 2. The van der Waals surface area contributed by atoms with Crippen LogP contribution in [0.25, 0.3) is 10.9 Å². The summed E-state index contributed by atoms with van der Waals surface area (Å²) in [7, 11) is 0. The first kappa shape index (κ1) is 19.9. The molecule has 1 amide bonds. The summed E-state index contributed by atoms with van der Waals surface area (Å²) in [5.74, 6) is -0.686. The highest BCUT2D eigenvalue weighted by molar-refractivity contribution is 6.04. The molecule has 0 spiro atoms. The molecule has 0 aliphatic carbocycles. The molecule has 140 valence electrons. The number of ether oxygens (including phenoxy) is 1. The lowest BCUT2D eigenvalue weighted by Crippen LogP contribution is -2.47. The predicted molar refractivity (Wildman–Crippen MR) is 103 cm³/mol. The van der Waals surface area contributed by atoms with Gasteiger partial charge in [-0.25, -0.2) is 4.79 Å². The van der Waals surface area contributed by atoms with Crippen LogP contribution in [0.3, 0.4) is 0 Å². The van der Waals surface area contributed by atoms with Crippen molar-refractivity contribution in [2.75, 3.05) is 0 Å². The molecule has 0 fully saturated rings. The minimum absolute atomic E-state index is 0.0373. The van der Waals surface area contributed by atoms with Gasteiger partial charge in [-0.05, 0) is 66.7 Å². The van der Waals surface area contributed by atoms with E-state index in [-0.39, 0.29) is 18.0 Å². The molecular weight excluding hydrogens is 328 g/mol. The van der Waals surface area contributed by atoms with Gasteiger partial charge in [0.1, 0.15) is 0 Å². The van der Waals surface area contributed by atoms with Gasteiger partial charge in [0.05, 0.1) is 11.1 Å². The van der Waals surface area contributed by atoms with Gasteiger partial charge in [-0.3, -0.25) is 9.78 Å². The number of esters is 1.